The molecule has 2 aromatic rings. The van der Waals surface area contributed by atoms with Gasteiger partial charge in [0.2, 0.25) is 0 Å². The molecule has 0 fully saturated rings. The van der Waals surface area contributed by atoms with Crippen LogP contribution in [0.4, 0.5) is 27.6 Å². The first-order valence-corrected chi connectivity index (χ1v) is 6.83. The molecule has 132 valence electrons. The van der Waals surface area contributed by atoms with E-state index >= 15 is 0 Å². The van der Waals surface area contributed by atoms with Crippen molar-refractivity contribution >= 4 is 29.2 Å². The van der Waals surface area contributed by atoms with Crippen LogP contribution in [0.1, 0.15) is 10.4 Å². The highest BCUT2D eigenvalue weighted by molar-refractivity contribution is 6.33. The Balaban J connectivity index is 2.02. The largest absolute Gasteiger partial charge is 0.452 e. The predicted molar refractivity (Wildman–Crippen MR) is 76.6 cm³/mol. The number of hydrogen-bond donors (Lipinski definition) is 1. The fourth-order valence-electron chi connectivity index (χ4n) is 1.70. The van der Waals surface area contributed by atoms with E-state index in [1.54, 1.807) is 0 Å². The van der Waals surface area contributed by atoms with Gasteiger partial charge in [0.1, 0.15) is 0 Å². The molecule has 0 aromatic heterocycles. The summed E-state index contributed by atoms with van der Waals surface area (Å²) in [5.41, 5.74) is -1.21. The summed E-state index contributed by atoms with van der Waals surface area (Å²) >= 11 is 5.56. The molecule has 0 saturated carbocycles. The number of hydrogen-bond acceptors (Lipinski definition) is 3. The third-order valence-corrected chi connectivity index (χ3v) is 3.19. The van der Waals surface area contributed by atoms with Crippen molar-refractivity contribution in [3.63, 3.8) is 0 Å². The maximum absolute atomic E-state index is 13.4. The quantitative estimate of drug-likeness (QED) is 0.380. The second-order valence-corrected chi connectivity index (χ2v) is 5.00. The van der Waals surface area contributed by atoms with Gasteiger partial charge >= 0.3 is 5.97 Å². The molecule has 4 nitrogen and oxygen atoms in total. The Bertz CT molecular complexity index is 860. The first-order valence-electron chi connectivity index (χ1n) is 6.45. The fourth-order valence-corrected chi connectivity index (χ4v) is 1.92. The van der Waals surface area contributed by atoms with Gasteiger partial charge in [0, 0.05) is 0 Å². The van der Waals surface area contributed by atoms with E-state index in [9.17, 15) is 31.5 Å². The Labute approximate surface area is 142 Å². The van der Waals surface area contributed by atoms with Crippen LogP contribution in [0.5, 0.6) is 0 Å². The van der Waals surface area contributed by atoms with Gasteiger partial charge in [-0.3, -0.25) is 4.79 Å². The van der Waals surface area contributed by atoms with Crippen molar-refractivity contribution in [3.05, 3.63) is 63.9 Å². The maximum atomic E-state index is 13.4. The Hall–Kier alpha value is -2.68. The number of halogens is 6. The van der Waals surface area contributed by atoms with Crippen LogP contribution >= 0.6 is 11.6 Å². The Morgan fingerprint density at radius 3 is 2.28 bits per heavy atom. The highest BCUT2D eigenvalue weighted by Gasteiger charge is 2.19. The zero-order valence-electron chi connectivity index (χ0n) is 12.0. The Kier molecular flexibility index (Phi) is 5.58. The molecular formula is C15H7ClF5NO3. The molecule has 1 N–H and O–H groups in total. The van der Waals surface area contributed by atoms with Crippen molar-refractivity contribution < 1.29 is 36.3 Å². The molecule has 0 radical (unpaired) electrons. The van der Waals surface area contributed by atoms with Crippen LogP contribution in [0, 0.1) is 29.1 Å². The molecular weight excluding hydrogens is 373 g/mol. The normalized spacial score (nSPS) is 10.5. The van der Waals surface area contributed by atoms with Crippen LogP contribution in [0.2, 0.25) is 5.02 Å². The van der Waals surface area contributed by atoms with Crippen molar-refractivity contribution in [1.82, 2.24) is 0 Å². The van der Waals surface area contributed by atoms with Gasteiger partial charge in [0.15, 0.2) is 35.7 Å². The van der Waals surface area contributed by atoms with Crippen LogP contribution in [-0.4, -0.2) is 18.5 Å². The van der Waals surface area contributed by atoms with Crippen molar-refractivity contribution in [1.29, 1.82) is 0 Å². The topological polar surface area (TPSA) is 55.4 Å². The van der Waals surface area contributed by atoms with Crippen LogP contribution < -0.4 is 5.32 Å². The van der Waals surface area contributed by atoms with E-state index in [1.165, 1.54) is 0 Å². The van der Waals surface area contributed by atoms with E-state index in [0.29, 0.717) is 18.2 Å². The minimum Gasteiger partial charge on any atom is -0.452 e. The number of esters is 1. The molecule has 1 amide bonds. The minimum absolute atomic E-state index is 0.448. The average Bonchev–Trinajstić information content (AvgIpc) is 2.56. The molecule has 10 heteroatoms. The lowest BCUT2D eigenvalue weighted by Gasteiger charge is -2.09. The number of rotatable bonds is 4. The SMILES string of the molecule is O=C(COC(=O)c1cc(F)c(F)cc1Cl)Nc1ccc(F)c(F)c1F. The number of ether oxygens (including phenoxy) is 1. The lowest BCUT2D eigenvalue weighted by Crippen LogP contribution is -2.22. The summed E-state index contributed by atoms with van der Waals surface area (Å²) in [5.74, 6) is -9.85. The molecule has 25 heavy (non-hydrogen) atoms. The number of benzene rings is 2. The van der Waals surface area contributed by atoms with Crippen molar-refractivity contribution in [2.75, 3.05) is 11.9 Å². The molecule has 0 spiro atoms. The molecule has 0 unspecified atom stereocenters. The number of nitrogens with one attached hydrogen (secondary N) is 1. The summed E-state index contributed by atoms with van der Waals surface area (Å²) in [6.07, 6.45) is 0. The number of carbonyl (C=O) groups excluding carboxylic acids is 2. The van der Waals surface area contributed by atoms with Gasteiger partial charge in [0.25, 0.3) is 5.91 Å². The molecule has 0 aliphatic heterocycles. The first-order chi connectivity index (χ1) is 11.7. The van der Waals surface area contributed by atoms with E-state index in [2.05, 4.69) is 4.74 Å². The molecule has 0 saturated heterocycles. The van der Waals surface area contributed by atoms with Crippen molar-refractivity contribution in [2.24, 2.45) is 0 Å². The van der Waals surface area contributed by atoms with Crippen LogP contribution in [0.25, 0.3) is 0 Å². The summed E-state index contributed by atoms with van der Waals surface area (Å²) in [7, 11) is 0. The summed E-state index contributed by atoms with van der Waals surface area (Å²) in [5, 5.41) is 1.41. The van der Waals surface area contributed by atoms with Gasteiger partial charge in [0.05, 0.1) is 16.3 Å². The van der Waals surface area contributed by atoms with E-state index in [4.69, 9.17) is 11.6 Å². The monoisotopic (exact) mass is 379 g/mol. The fraction of sp³-hybridized carbons (Fsp3) is 0.0667. The lowest BCUT2D eigenvalue weighted by atomic mass is 10.2. The van der Waals surface area contributed by atoms with Crippen LogP contribution in [0.3, 0.4) is 0 Å². The van der Waals surface area contributed by atoms with E-state index in [-0.39, 0.29) is 0 Å². The molecule has 0 atom stereocenters. The third-order valence-electron chi connectivity index (χ3n) is 2.87. The highest BCUT2D eigenvalue weighted by atomic mass is 35.5. The van der Waals surface area contributed by atoms with Crippen LogP contribution in [0.15, 0.2) is 24.3 Å². The van der Waals surface area contributed by atoms with E-state index in [1.807, 2.05) is 5.32 Å². The number of anilines is 1. The Morgan fingerprint density at radius 2 is 1.60 bits per heavy atom. The van der Waals surface area contributed by atoms with E-state index < -0.39 is 63.8 Å². The van der Waals surface area contributed by atoms with Gasteiger partial charge in [-0.05, 0) is 24.3 Å². The van der Waals surface area contributed by atoms with Gasteiger partial charge in [-0.25, -0.2) is 26.7 Å². The molecule has 0 aliphatic rings. The summed E-state index contributed by atoms with van der Waals surface area (Å²) in [6, 6.07) is 2.37. The first kappa shape index (κ1) is 18.7. The van der Waals surface area contributed by atoms with E-state index in [0.717, 1.165) is 6.07 Å². The highest BCUT2D eigenvalue weighted by Crippen LogP contribution is 2.21. The summed E-state index contributed by atoms with van der Waals surface area (Å²) < 4.78 is 69.7. The van der Waals surface area contributed by atoms with Crippen molar-refractivity contribution in [2.45, 2.75) is 0 Å². The average molecular weight is 380 g/mol. The molecule has 0 bridgehead atoms. The van der Waals surface area contributed by atoms with Gasteiger partial charge in [-0.1, -0.05) is 11.6 Å². The minimum atomic E-state index is -1.79. The predicted octanol–water partition coefficient (Wildman–Crippen LogP) is 3.83. The number of carbonyl (C=O) groups is 2. The Morgan fingerprint density at radius 1 is 0.960 bits per heavy atom. The maximum Gasteiger partial charge on any atom is 0.340 e. The second-order valence-electron chi connectivity index (χ2n) is 4.59. The van der Waals surface area contributed by atoms with Gasteiger partial charge < -0.3 is 10.1 Å². The smallest absolute Gasteiger partial charge is 0.340 e. The summed E-state index contributed by atoms with van der Waals surface area (Å²) in [6.45, 7) is -0.966. The molecule has 2 aromatic carbocycles. The second kappa shape index (κ2) is 7.47. The van der Waals surface area contributed by atoms with Crippen LogP contribution in [-0.2, 0) is 9.53 Å². The zero-order valence-corrected chi connectivity index (χ0v) is 12.8. The summed E-state index contributed by atoms with van der Waals surface area (Å²) in [4.78, 5) is 23.3. The lowest BCUT2D eigenvalue weighted by molar-refractivity contribution is -0.119. The third kappa shape index (κ3) is 4.24. The van der Waals surface area contributed by atoms with Crippen molar-refractivity contribution in [3.8, 4) is 0 Å². The zero-order chi connectivity index (χ0) is 18.7. The number of amides is 1. The van der Waals surface area contributed by atoms with Gasteiger partial charge in [-0.2, -0.15) is 0 Å². The molecule has 2 rings (SSSR count). The molecule has 0 heterocycles. The van der Waals surface area contributed by atoms with Gasteiger partial charge in [-0.15, -0.1) is 0 Å². The molecule has 0 aliphatic carbocycles. The standard InChI is InChI=1S/C15H7ClF5NO3/c16-7-4-10(19)9(18)3-6(7)15(24)25-5-12(23)22-11-2-1-8(17)13(20)14(11)21/h1-4H,5H2,(H,22,23).